The Bertz CT molecular complexity index is 1150. The van der Waals surface area contributed by atoms with Gasteiger partial charge in [-0.15, -0.1) is 11.3 Å². The van der Waals surface area contributed by atoms with Gasteiger partial charge in [-0.05, 0) is 31.5 Å². The number of morpholine rings is 1. The summed E-state index contributed by atoms with van der Waals surface area (Å²) in [5, 5.41) is 11.0. The van der Waals surface area contributed by atoms with Crippen LogP contribution in [0.4, 0.5) is 17.5 Å². The van der Waals surface area contributed by atoms with Gasteiger partial charge in [0.25, 0.3) is 5.56 Å². The fourth-order valence-electron chi connectivity index (χ4n) is 4.26. The van der Waals surface area contributed by atoms with Crippen molar-refractivity contribution in [3.63, 3.8) is 0 Å². The minimum absolute atomic E-state index is 0.187. The van der Waals surface area contributed by atoms with Gasteiger partial charge in [-0.2, -0.15) is 4.98 Å². The summed E-state index contributed by atoms with van der Waals surface area (Å²) >= 11 is 1.50. The second kappa shape index (κ2) is 10.0. The molecular weight excluding hydrogens is 440 g/mol. The maximum atomic E-state index is 13.4. The molecule has 1 atom stereocenters. The molecule has 2 fully saturated rings. The van der Waals surface area contributed by atoms with Crippen LogP contribution in [-0.2, 0) is 4.74 Å². The van der Waals surface area contributed by atoms with E-state index in [0.717, 1.165) is 41.8 Å². The molecule has 1 aromatic carbocycles. The molecule has 2 aliphatic rings. The predicted molar refractivity (Wildman–Crippen MR) is 134 cm³/mol. The normalized spacial score (nSPS) is 19.1. The molecule has 176 valence electrons. The Labute approximate surface area is 195 Å². The van der Waals surface area contributed by atoms with E-state index in [4.69, 9.17) is 20.4 Å². The number of thiazole rings is 1. The topological polar surface area (TPSA) is 133 Å². The Morgan fingerprint density at radius 2 is 2.15 bits per heavy atom. The first-order valence-corrected chi connectivity index (χ1v) is 12.3. The van der Waals surface area contributed by atoms with Gasteiger partial charge in [-0.3, -0.25) is 9.78 Å². The van der Waals surface area contributed by atoms with Gasteiger partial charge in [-0.25, -0.2) is 4.98 Å². The molecule has 6 N–H and O–H groups in total. The number of anilines is 3. The number of benzene rings is 1. The van der Waals surface area contributed by atoms with Crippen LogP contribution in [0.5, 0.6) is 0 Å². The molecule has 11 heteroatoms. The standard InChI is InChI=1S/C22H30N8O2S/c23-6-8-25-15-4-1-5-16-18(15)33-21(27-16)17-19(26-14-3-2-7-24-13-14)28-22(29-20(17)31)30-9-11-32-12-10-30/h1,4-5,14,24-25H,2-3,6-13,23H2,(H2,26,28,29,31). The van der Waals surface area contributed by atoms with E-state index in [1.54, 1.807) is 0 Å². The Hall–Kier alpha value is -2.73. The van der Waals surface area contributed by atoms with E-state index >= 15 is 0 Å². The molecule has 2 aromatic heterocycles. The highest BCUT2D eigenvalue weighted by Gasteiger charge is 2.24. The van der Waals surface area contributed by atoms with E-state index in [1.807, 2.05) is 18.2 Å². The van der Waals surface area contributed by atoms with Gasteiger partial charge in [0, 0.05) is 38.8 Å². The zero-order valence-electron chi connectivity index (χ0n) is 18.5. The lowest BCUT2D eigenvalue weighted by molar-refractivity contribution is 0.122. The van der Waals surface area contributed by atoms with E-state index in [2.05, 4.69) is 25.8 Å². The van der Waals surface area contributed by atoms with Crippen LogP contribution < -0.4 is 32.1 Å². The van der Waals surface area contributed by atoms with Gasteiger partial charge in [0.05, 0.1) is 29.1 Å². The molecule has 2 aliphatic heterocycles. The van der Waals surface area contributed by atoms with Crippen molar-refractivity contribution in [1.29, 1.82) is 0 Å². The summed E-state index contributed by atoms with van der Waals surface area (Å²) in [6.45, 7) is 5.71. The summed E-state index contributed by atoms with van der Waals surface area (Å²) in [4.78, 5) is 28.2. The van der Waals surface area contributed by atoms with E-state index in [0.29, 0.717) is 61.7 Å². The van der Waals surface area contributed by atoms with Crippen molar-refractivity contribution in [3.8, 4) is 10.6 Å². The minimum Gasteiger partial charge on any atom is -0.383 e. The molecule has 2 saturated heterocycles. The van der Waals surface area contributed by atoms with Crippen LogP contribution in [0.15, 0.2) is 23.0 Å². The van der Waals surface area contributed by atoms with E-state index in [-0.39, 0.29) is 11.6 Å². The Morgan fingerprint density at radius 3 is 2.94 bits per heavy atom. The number of H-pyrrole nitrogens is 1. The van der Waals surface area contributed by atoms with Gasteiger partial charge in [0.2, 0.25) is 5.95 Å². The molecule has 10 nitrogen and oxygen atoms in total. The lowest BCUT2D eigenvalue weighted by Gasteiger charge is -2.29. The maximum Gasteiger partial charge on any atom is 0.264 e. The molecule has 0 radical (unpaired) electrons. The largest absolute Gasteiger partial charge is 0.383 e. The lowest BCUT2D eigenvalue weighted by Crippen LogP contribution is -2.40. The summed E-state index contributed by atoms with van der Waals surface area (Å²) in [6, 6.07) is 6.14. The highest BCUT2D eigenvalue weighted by Crippen LogP contribution is 2.36. The van der Waals surface area contributed by atoms with Crippen LogP contribution in [0.25, 0.3) is 20.8 Å². The SMILES string of the molecule is NCCNc1cccc2nc(-c3c(NC4CCCNC4)nc(N4CCOCC4)[nH]c3=O)sc12. The highest BCUT2D eigenvalue weighted by molar-refractivity contribution is 7.22. The van der Waals surface area contributed by atoms with Crippen molar-refractivity contribution < 1.29 is 4.74 Å². The van der Waals surface area contributed by atoms with Crippen LogP contribution in [0, 0.1) is 0 Å². The molecule has 0 saturated carbocycles. The molecule has 5 rings (SSSR count). The second-order valence-electron chi connectivity index (χ2n) is 8.29. The first-order chi connectivity index (χ1) is 16.2. The number of nitrogens with zero attached hydrogens (tertiary/aromatic N) is 3. The molecule has 0 aliphatic carbocycles. The van der Waals surface area contributed by atoms with Gasteiger partial charge >= 0.3 is 0 Å². The van der Waals surface area contributed by atoms with Crippen molar-refractivity contribution >= 4 is 39.0 Å². The number of piperidine rings is 1. The third-order valence-corrected chi connectivity index (χ3v) is 7.07. The number of aromatic nitrogens is 3. The monoisotopic (exact) mass is 470 g/mol. The molecule has 0 bridgehead atoms. The number of rotatable bonds is 7. The Balaban J connectivity index is 1.57. The van der Waals surface area contributed by atoms with Crippen molar-refractivity contribution in [2.24, 2.45) is 5.73 Å². The van der Waals surface area contributed by atoms with Crippen molar-refractivity contribution in [2.45, 2.75) is 18.9 Å². The average molecular weight is 471 g/mol. The van der Waals surface area contributed by atoms with Gasteiger partial charge < -0.3 is 31.3 Å². The number of nitrogens with one attached hydrogen (secondary N) is 4. The van der Waals surface area contributed by atoms with Gasteiger partial charge in [0.15, 0.2) is 0 Å². The number of nitrogens with two attached hydrogens (primary N) is 1. The molecule has 33 heavy (non-hydrogen) atoms. The van der Waals surface area contributed by atoms with Gasteiger partial charge in [-0.1, -0.05) is 6.07 Å². The lowest BCUT2D eigenvalue weighted by atomic mass is 10.1. The van der Waals surface area contributed by atoms with Crippen molar-refractivity contribution in [3.05, 3.63) is 28.6 Å². The molecular formula is C22H30N8O2S. The summed E-state index contributed by atoms with van der Waals surface area (Å²) in [6.07, 6.45) is 2.12. The van der Waals surface area contributed by atoms with Crippen LogP contribution in [0.1, 0.15) is 12.8 Å². The number of hydrogen-bond donors (Lipinski definition) is 5. The number of fused-ring (bicyclic) bond motifs is 1. The molecule has 1 unspecified atom stereocenters. The zero-order chi connectivity index (χ0) is 22.6. The van der Waals surface area contributed by atoms with E-state index in [1.165, 1.54) is 11.3 Å². The fourth-order valence-corrected chi connectivity index (χ4v) is 5.36. The second-order valence-corrected chi connectivity index (χ2v) is 9.29. The van der Waals surface area contributed by atoms with E-state index < -0.39 is 0 Å². The number of ether oxygens (including phenoxy) is 1. The maximum absolute atomic E-state index is 13.4. The van der Waals surface area contributed by atoms with Crippen LogP contribution >= 0.6 is 11.3 Å². The van der Waals surface area contributed by atoms with Crippen LogP contribution in [0.2, 0.25) is 0 Å². The smallest absolute Gasteiger partial charge is 0.264 e. The Morgan fingerprint density at radius 1 is 1.27 bits per heavy atom. The fraction of sp³-hybridized carbons (Fsp3) is 0.500. The number of aromatic amines is 1. The van der Waals surface area contributed by atoms with Crippen molar-refractivity contribution in [1.82, 2.24) is 20.3 Å². The third-order valence-electron chi connectivity index (χ3n) is 5.94. The quantitative estimate of drug-likeness (QED) is 0.348. The molecule has 4 heterocycles. The predicted octanol–water partition coefficient (Wildman–Crippen LogP) is 1.42. The average Bonchev–Trinajstić information content (AvgIpc) is 3.28. The van der Waals surface area contributed by atoms with E-state index in [9.17, 15) is 4.79 Å². The number of hydrogen-bond acceptors (Lipinski definition) is 10. The summed E-state index contributed by atoms with van der Waals surface area (Å²) in [7, 11) is 0. The van der Waals surface area contributed by atoms with Crippen molar-refractivity contribution in [2.75, 3.05) is 68.0 Å². The molecule has 0 amide bonds. The minimum atomic E-state index is -0.187. The Kier molecular flexibility index (Phi) is 6.72. The van der Waals surface area contributed by atoms with Gasteiger partial charge in [0.1, 0.15) is 16.4 Å². The van der Waals surface area contributed by atoms with Crippen LogP contribution in [0.3, 0.4) is 0 Å². The van der Waals surface area contributed by atoms with Crippen LogP contribution in [-0.4, -0.2) is 73.5 Å². The zero-order valence-corrected chi connectivity index (χ0v) is 19.3. The first kappa shape index (κ1) is 22.1. The summed E-state index contributed by atoms with van der Waals surface area (Å²) in [5.41, 5.74) is 7.79. The summed E-state index contributed by atoms with van der Waals surface area (Å²) in [5.74, 6) is 1.16. The summed E-state index contributed by atoms with van der Waals surface area (Å²) < 4.78 is 6.46. The first-order valence-electron chi connectivity index (χ1n) is 11.5. The third kappa shape index (κ3) is 4.81. The molecule has 3 aromatic rings. The highest BCUT2D eigenvalue weighted by atomic mass is 32.1. The molecule has 0 spiro atoms.